The Bertz CT molecular complexity index is 460. The van der Waals surface area contributed by atoms with Crippen LogP contribution in [0.25, 0.3) is 0 Å². The van der Waals surface area contributed by atoms with Gasteiger partial charge in [-0.15, -0.1) is 0 Å². The Morgan fingerprint density at radius 2 is 1.00 bits per heavy atom. The number of rotatable bonds is 0. The lowest BCUT2D eigenvalue weighted by molar-refractivity contribution is 0.165. The number of allylic oxidation sites excluding steroid dienone is 2. The van der Waals surface area contributed by atoms with Crippen molar-refractivity contribution < 1.29 is 0 Å². The van der Waals surface area contributed by atoms with Crippen LogP contribution in [0.2, 0.25) is 0 Å². The Labute approximate surface area is 125 Å². The van der Waals surface area contributed by atoms with E-state index in [1.165, 1.54) is 38.5 Å². The quantitative estimate of drug-likeness (QED) is 0.476. The van der Waals surface area contributed by atoms with Gasteiger partial charge in [-0.3, -0.25) is 0 Å². The molecular weight excluding hydrogens is 240 g/mol. The molecule has 0 heteroatoms. The molecule has 4 bridgehead atoms. The van der Waals surface area contributed by atoms with Crippen molar-refractivity contribution >= 4 is 0 Å². The molecule has 0 nitrogen and oxygen atoms in total. The Kier molecular flexibility index (Phi) is 2.27. The highest BCUT2D eigenvalue weighted by molar-refractivity contribution is 5.41. The van der Waals surface area contributed by atoms with E-state index in [2.05, 4.69) is 41.5 Å². The monoisotopic (exact) mass is 272 g/mol. The molecule has 0 heterocycles. The van der Waals surface area contributed by atoms with Gasteiger partial charge in [-0.1, -0.05) is 52.7 Å². The third-order valence-electron chi connectivity index (χ3n) is 9.47. The fraction of sp³-hybridized carbons (Fsp3) is 0.900. The summed E-state index contributed by atoms with van der Waals surface area (Å²) in [5.41, 5.74) is 5.95. The normalized spacial score (nSPS) is 54.9. The van der Waals surface area contributed by atoms with Crippen molar-refractivity contribution in [3.63, 3.8) is 0 Å². The summed E-state index contributed by atoms with van der Waals surface area (Å²) >= 11 is 0. The van der Waals surface area contributed by atoms with Gasteiger partial charge in [0, 0.05) is 0 Å². The Morgan fingerprint density at radius 1 is 0.650 bits per heavy atom. The summed E-state index contributed by atoms with van der Waals surface area (Å²) in [5, 5.41) is 0. The highest BCUT2D eigenvalue weighted by Crippen LogP contribution is 2.74. The van der Waals surface area contributed by atoms with Gasteiger partial charge in [-0.25, -0.2) is 0 Å². The van der Waals surface area contributed by atoms with Crippen LogP contribution in [0.1, 0.15) is 80.1 Å². The molecule has 4 saturated carbocycles. The molecule has 4 atom stereocenters. The highest BCUT2D eigenvalue weighted by Gasteiger charge is 2.64. The largest absolute Gasteiger partial charge is 0.0637 e. The summed E-state index contributed by atoms with van der Waals surface area (Å²) in [7, 11) is 0. The van der Waals surface area contributed by atoms with E-state index in [1.807, 2.05) is 11.1 Å². The van der Waals surface area contributed by atoms with Crippen LogP contribution in [-0.2, 0) is 0 Å². The molecule has 0 aromatic rings. The smallest absolute Gasteiger partial charge is 0.00594 e. The molecule has 4 aliphatic carbocycles. The standard InChI is InChI=1S/C20H32/c1-17(2)13-7-9-19(17,5)15(11-13)16-12-14-8-10-20(16,6)18(14,3)4/h13-14H,7-12H2,1-6H3/b16-15-/t13-,14-,19+,20+/m1/s1. The fourth-order valence-corrected chi connectivity index (χ4v) is 6.84. The highest BCUT2D eigenvalue weighted by atomic mass is 14.7. The van der Waals surface area contributed by atoms with Gasteiger partial charge in [0.2, 0.25) is 0 Å². The molecule has 4 aliphatic rings. The van der Waals surface area contributed by atoms with Crippen molar-refractivity contribution in [3.05, 3.63) is 11.1 Å². The molecule has 0 aromatic carbocycles. The van der Waals surface area contributed by atoms with E-state index in [9.17, 15) is 0 Å². The molecule has 0 aliphatic heterocycles. The van der Waals surface area contributed by atoms with Gasteiger partial charge in [0.1, 0.15) is 0 Å². The minimum absolute atomic E-state index is 0.510. The molecule has 0 spiro atoms. The molecule has 0 aromatic heterocycles. The average molecular weight is 272 g/mol. The molecule has 0 amide bonds. The molecule has 0 N–H and O–H groups in total. The molecule has 4 rings (SSSR count). The van der Waals surface area contributed by atoms with Crippen molar-refractivity contribution in [1.29, 1.82) is 0 Å². The van der Waals surface area contributed by atoms with E-state index in [0.29, 0.717) is 21.7 Å². The topological polar surface area (TPSA) is 0 Å². The van der Waals surface area contributed by atoms with Crippen LogP contribution in [0, 0.1) is 33.5 Å². The Hall–Kier alpha value is -0.260. The first-order valence-corrected chi connectivity index (χ1v) is 8.87. The number of hydrogen-bond acceptors (Lipinski definition) is 0. The minimum atomic E-state index is 0.510. The molecule has 112 valence electrons. The predicted octanol–water partition coefficient (Wildman–Crippen LogP) is 5.98. The third kappa shape index (κ3) is 1.15. The fourth-order valence-electron chi connectivity index (χ4n) is 6.84. The van der Waals surface area contributed by atoms with Crippen molar-refractivity contribution in [2.24, 2.45) is 33.5 Å². The first-order valence-electron chi connectivity index (χ1n) is 8.87. The van der Waals surface area contributed by atoms with E-state index in [4.69, 9.17) is 0 Å². The lowest BCUT2D eigenvalue weighted by Crippen LogP contribution is -2.32. The average Bonchev–Trinajstić information content (AvgIpc) is 2.87. The van der Waals surface area contributed by atoms with Crippen LogP contribution in [0.3, 0.4) is 0 Å². The zero-order valence-electron chi connectivity index (χ0n) is 14.4. The number of hydrogen-bond donors (Lipinski definition) is 0. The van der Waals surface area contributed by atoms with Crippen molar-refractivity contribution in [1.82, 2.24) is 0 Å². The first kappa shape index (κ1) is 13.4. The van der Waals surface area contributed by atoms with Gasteiger partial charge in [0.05, 0.1) is 0 Å². The number of fused-ring (bicyclic) bond motifs is 4. The SMILES string of the molecule is CC1(C)[C@@H]2CC[C@@]1(C)/C(=C1/C[C@H]3CC[C@]1(C)C3(C)C)C2. The van der Waals surface area contributed by atoms with Gasteiger partial charge in [-0.2, -0.15) is 0 Å². The lowest BCUT2D eigenvalue weighted by Gasteiger charge is -2.41. The second-order valence-corrected chi connectivity index (χ2v) is 9.94. The first-order chi connectivity index (χ1) is 9.14. The third-order valence-corrected chi connectivity index (χ3v) is 9.47. The van der Waals surface area contributed by atoms with Gasteiger partial charge in [0.25, 0.3) is 0 Å². The van der Waals surface area contributed by atoms with Crippen LogP contribution in [0.5, 0.6) is 0 Å². The van der Waals surface area contributed by atoms with Crippen molar-refractivity contribution in [2.45, 2.75) is 80.1 Å². The van der Waals surface area contributed by atoms with E-state index < -0.39 is 0 Å². The summed E-state index contributed by atoms with van der Waals surface area (Å²) in [6, 6.07) is 0. The van der Waals surface area contributed by atoms with Crippen LogP contribution in [0.15, 0.2) is 11.1 Å². The second-order valence-electron chi connectivity index (χ2n) is 9.94. The van der Waals surface area contributed by atoms with Gasteiger partial charge < -0.3 is 0 Å². The summed E-state index contributed by atoms with van der Waals surface area (Å²) in [6.07, 6.45) is 8.71. The van der Waals surface area contributed by atoms with Gasteiger partial charge >= 0.3 is 0 Å². The maximum absolute atomic E-state index is 2.60. The zero-order chi connectivity index (χ0) is 14.6. The van der Waals surface area contributed by atoms with Crippen LogP contribution >= 0.6 is 0 Å². The van der Waals surface area contributed by atoms with Gasteiger partial charge in [-0.05, 0) is 72.0 Å². The summed E-state index contributed by atoms with van der Waals surface area (Å²) in [4.78, 5) is 0. The summed E-state index contributed by atoms with van der Waals surface area (Å²) in [5.74, 6) is 1.92. The second kappa shape index (κ2) is 3.39. The van der Waals surface area contributed by atoms with E-state index in [-0.39, 0.29) is 0 Å². The lowest BCUT2D eigenvalue weighted by atomic mass is 9.63. The van der Waals surface area contributed by atoms with Crippen molar-refractivity contribution in [3.8, 4) is 0 Å². The van der Waals surface area contributed by atoms with Crippen LogP contribution < -0.4 is 0 Å². The Balaban J connectivity index is 1.87. The van der Waals surface area contributed by atoms with E-state index >= 15 is 0 Å². The Morgan fingerprint density at radius 3 is 1.20 bits per heavy atom. The maximum Gasteiger partial charge on any atom is -0.00594 e. The molecule has 0 saturated heterocycles. The molecule has 0 radical (unpaired) electrons. The minimum Gasteiger partial charge on any atom is -0.0637 e. The predicted molar refractivity (Wildman–Crippen MR) is 85.5 cm³/mol. The summed E-state index contributed by atoms with van der Waals surface area (Å²) in [6.45, 7) is 15.4. The van der Waals surface area contributed by atoms with E-state index in [1.54, 1.807) is 0 Å². The summed E-state index contributed by atoms with van der Waals surface area (Å²) < 4.78 is 0. The van der Waals surface area contributed by atoms with Crippen LogP contribution in [0.4, 0.5) is 0 Å². The molecule has 0 unspecified atom stereocenters. The maximum atomic E-state index is 2.60. The zero-order valence-corrected chi connectivity index (χ0v) is 14.4. The van der Waals surface area contributed by atoms with Crippen LogP contribution in [-0.4, -0.2) is 0 Å². The van der Waals surface area contributed by atoms with E-state index in [0.717, 1.165) is 11.8 Å². The molecule has 20 heavy (non-hydrogen) atoms. The molecule has 4 fully saturated rings. The van der Waals surface area contributed by atoms with Crippen molar-refractivity contribution in [2.75, 3.05) is 0 Å². The molecular formula is C20H32. The van der Waals surface area contributed by atoms with Gasteiger partial charge in [0.15, 0.2) is 0 Å².